The second kappa shape index (κ2) is 4.01. The van der Waals surface area contributed by atoms with Crippen LogP contribution in [0.15, 0.2) is 23.2 Å². The van der Waals surface area contributed by atoms with Crippen molar-refractivity contribution in [3.8, 4) is 0 Å². The van der Waals surface area contributed by atoms with Gasteiger partial charge in [-0.1, -0.05) is 18.2 Å². The highest BCUT2D eigenvalue weighted by atomic mass is 32.2. The van der Waals surface area contributed by atoms with Gasteiger partial charge in [-0.25, -0.2) is 0 Å². The number of nitrogens with zero attached hydrogens (tertiary/aromatic N) is 1. The fourth-order valence-corrected chi connectivity index (χ4v) is 3.51. The van der Waals surface area contributed by atoms with E-state index in [2.05, 4.69) is 41.2 Å². The maximum atomic E-state index is 4.36. The van der Waals surface area contributed by atoms with Crippen molar-refractivity contribution < 1.29 is 0 Å². The number of rotatable bonds is 1. The number of thioether (sulfide) groups is 1. The predicted molar refractivity (Wildman–Crippen MR) is 67.0 cm³/mol. The lowest BCUT2D eigenvalue weighted by Crippen LogP contribution is -2.09. The Balaban J connectivity index is 2.03. The molecular formula is C13H15NS. The summed E-state index contributed by atoms with van der Waals surface area (Å²) in [5, 5.41) is 0. The molecule has 0 saturated carbocycles. The van der Waals surface area contributed by atoms with Gasteiger partial charge in [-0.3, -0.25) is 4.99 Å². The zero-order valence-corrected chi connectivity index (χ0v) is 9.59. The molecule has 1 unspecified atom stereocenters. The zero-order chi connectivity index (χ0) is 10.1. The van der Waals surface area contributed by atoms with Crippen LogP contribution in [0.4, 0.5) is 0 Å². The average Bonchev–Trinajstić information content (AvgIpc) is 2.82. The van der Waals surface area contributed by atoms with Gasteiger partial charge < -0.3 is 0 Å². The highest BCUT2D eigenvalue weighted by Gasteiger charge is 2.20. The third kappa shape index (κ3) is 1.71. The van der Waals surface area contributed by atoms with E-state index in [0.717, 1.165) is 6.54 Å². The molecule has 1 aromatic carbocycles. The number of fused-ring (bicyclic) bond motifs is 1. The Kier molecular flexibility index (Phi) is 2.53. The lowest BCUT2D eigenvalue weighted by molar-refractivity contribution is 0.830. The van der Waals surface area contributed by atoms with Crippen LogP contribution in [0.3, 0.4) is 0 Å². The van der Waals surface area contributed by atoms with Gasteiger partial charge in [-0.15, -0.1) is 0 Å². The van der Waals surface area contributed by atoms with Crippen molar-refractivity contribution in [3.05, 3.63) is 34.9 Å². The summed E-state index contributed by atoms with van der Waals surface area (Å²) >= 11 is 2.06. The van der Waals surface area contributed by atoms with Crippen LogP contribution in [0.2, 0.25) is 0 Å². The molecular weight excluding hydrogens is 202 g/mol. The van der Waals surface area contributed by atoms with Gasteiger partial charge in [-0.2, -0.15) is 11.8 Å². The maximum Gasteiger partial charge on any atom is 0.0395 e. The topological polar surface area (TPSA) is 12.4 Å². The fraction of sp³-hybridized carbons (Fsp3) is 0.462. The highest BCUT2D eigenvalue weighted by Crippen LogP contribution is 2.32. The molecule has 0 radical (unpaired) electrons. The fourth-order valence-electron chi connectivity index (χ4n) is 2.52. The number of aliphatic imine (C=N–C) groups is 1. The van der Waals surface area contributed by atoms with Gasteiger partial charge in [0.25, 0.3) is 0 Å². The molecule has 2 heteroatoms. The molecule has 0 bridgehead atoms. The van der Waals surface area contributed by atoms with Crippen molar-refractivity contribution in [2.45, 2.75) is 24.5 Å². The number of hydrogen-bond acceptors (Lipinski definition) is 2. The van der Waals surface area contributed by atoms with Crippen LogP contribution in [-0.2, 0) is 12.2 Å². The molecule has 2 aliphatic heterocycles. The summed E-state index contributed by atoms with van der Waals surface area (Å²) in [6.45, 7) is 1.02. The van der Waals surface area contributed by atoms with E-state index in [1.54, 1.807) is 16.7 Å². The lowest BCUT2D eigenvalue weighted by atomic mass is 9.90. The minimum Gasteiger partial charge on any atom is -0.297 e. The Morgan fingerprint density at radius 2 is 2.33 bits per heavy atom. The van der Waals surface area contributed by atoms with Crippen molar-refractivity contribution in [3.63, 3.8) is 0 Å². The molecule has 2 heterocycles. The van der Waals surface area contributed by atoms with Crippen molar-refractivity contribution in [1.82, 2.24) is 0 Å². The lowest BCUT2D eigenvalue weighted by Gasteiger charge is -2.21. The Morgan fingerprint density at radius 3 is 3.20 bits per heavy atom. The van der Waals surface area contributed by atoms with Crippen molar-refractivity contribution in [2.24, 2.45) is 4.99 Å². The third-order valence-corrected chi connectivity index (χ3v) is 4.33. The molecule has 0 amide bonds. The Hall–Kier alpha value is -0.760. The van der Waals surface area contributed by atoms with Gasteiger partial charge in [0.15, 0.2) is 0 Å². The summed E-state index contributed by atoms with van der Waals surface area (Å²) in [6, 6.07) is 6.81. The third-order valence-electron chi connectivity index (χ3n) is 3.32. The van der Waals surface area contributed by atoms with Crippen LogP contribution in [0.1, 0.15) is 29.0 Å². The first-order valence-corrected chi connectivity index (χ1v) is 6.79. The van der Waals surface area contributed by atoms with E-state index in [1.165, 1.54) is 24.3 Å². The zero-order valence-electron chi connectivity index (χ0n) is 8.78. The molecule has 0 spiro atoms. The second-order valence-electron chi connectivity index (χ2n) is 4.24. The Bertz CT molecular complexity index is 398. The predicted octanol–water partition coefficient (Wildman–Crippen LogP) is 3.03. The summed E-state index contributed by atoms with van der Waals surface area (Å²) in [4.78, 5) is 4.36. The van der Waals surface area contributed by atoms with E-state index in [4.69, 9.17) is 0 Å². The van der Waals surface area contributed by atoms with Gasteiger partial charge in [0.2, 0.25) is 0 Å². The average molecular weight is 217 g/mol. The molecule has 0 N–H and O–H groups in total. The molecule has 0 fully saturated rings. The van der Waals surface area contributed by atoms with Crippen LogP contribution in [0.25, 0.3) is 0 Å². The van der Waals surface area contributed by atoms with Crippen LogP contribution < -0.4 is 0 Å². The van der Waals surface area contributed by atoms with Gasteiger partial charge in [-0.05, 0) is 35.3 Å². The smallest absolute Gasteiger partial charge is 0.0395 e. The number of benzene rings is 1. The van der Waals surface area contributed by atoms with Crippen molar-refractivity contribution >= 4 is 18.0 Å². The minimum atomic E-state index is 0.600. The first-order chi connectivity index (χ1) is 7.45. The summed E-state index contributed by atoms with van der Waals surface area (Å²) in [6.07, 6.45) is 4.61. The van der Waals surface area contributed by atoms with Gasteiger partial charge >= 0.3 is 0 Å². The normalized spacial score (nSPS) is 24.1. The Labute approximate surface area is 95.0 Å². The van der Waals surface area contributed by atoms with Crippen molar-refractivity contribution in [2.75, 3.05) is 12.3 Å². The molecule has 1 nitrogen and oxygen atoms in total. The van der Waals surface area contributed by atoms with Crippen LogP contribution in [0, 0.1) is 0 Å². The summed E-state index contributed by atoms with van der Waals surface area (Å²) in [5.74, 6) is 3.09. The number of hydrogen-bond donors (Lipinski definition) is 0. The molecule has 1 atom stereocenters. The molecule has 1 aromatic rings. The summed E-state index contributed by atoms with van der Waals surface area (Å²) in [5.41, 5.74) is 4.73. The second-order valence-corrected chi connectivity index (χ2v) is 5.34. The molecule has 0 saturated heterocycles. The first kappa shape index (κ1) is 9.46. The Morgan fingerprint density at radius 1 is 1.33 bits per heavy atom. The molecule has 2 aliphatic rings. The molecule has 0 aromatic heterocycles. The first-order valence-electron chi connectivity index (χ1n) is 5.63. The van der Waals surface area contributed by atoms with E-state index in [0.29, 0.717) is 5.92 Å². The molecule has 3 rings (SSSR count). The minimum absolute atomic E-state index is 0.600. The van der Waals surface area contributed by atoms with Gasteiger partial charge in [0.1, 0.15) is 0 Å². The van der Waals surface area contributed by atoms with E-state index >= 15 is 0 Å². The van der Waals surface area contributed by atoms with Gasteiger partial charge in [0.05, 0.1) is 0 Å². The molecule has 0 aliphatic carbocycles. The van der Waals surface area contributed by atoms with Crippen LogP contribution in [-0.4, -0.2) is 18.5 Å². The van der Waals surface area contributed by atoms with E-state index in [1.807, 2.05) is 0 Å². The highest BCUT2D eigenvalue weighted by molar-refractivity contribution is 7.98. The quantitative estimate of drug-likeness (QED) is 0.704. The molecule has 78 valence electrons. The van der Waals surface area contributed by atoms with E-state index in [9.17, 15) is 0 Å². The maximum absolute atomic E-state index is 4.36. The van der Waals surface area contributed by atoms with Crippen LogP contribution in [0.5, 0.6) is 0 Å². The van der Waals surface area contributed by atoms with E-state index in [-0.39, 0.29) is 0 Å². The summed E-state index contributed by atoms with van der Waals surface area (Å²) in [7, 11) is 0. The standard InChI is InChI=1S/C13H15NS/c1-2-11-9-15-7-5-13(11)12(3-1)10-4-6-14-8-10/h1-3,8,10H,4-7,9H2. The van der Waals surface area contributed by atoms with Crippen LogP contribution >= 0.6 is 11.8 Å². The SMILES string of the molecule is C1=NCCC1c1cccc2c1CCSC2. The summed E-state index contributed by atoms with van der Waals surface area (Å²) < 4.78 is 0. The van der Waals surface area contributed by atoms with E-state index < -0.39 is 0 Å². The van der Waals surface area contributed by atoms with Crippen molar-refractivity contribution in [1.29, 1.82) is 0 Å². The largest absolute Gasteiger partial charge is 0.297 e. The monoisotopic (exact) mass is 217 g/mol. The van der Waals surface area contributed by atoms with Gasteiger partial charge in [0, 0.05) is 24.4 Å². The molecule has 15 heavy (non-hydrogen) atoms.